The first-order chi connectivity index (χ1) is 9.32. The Hall–Kier alpha value is -1.63. The number of carbonyl (C=O) groups excluding carboxylic acids is 1. The Balaban J connectivity index is 3.10. The highest BCUT2D eigenvalue weighted by Crippen LogP contribution is 2.32. The van der Waals surface area contributed by atoms with Crippen molar-refractivity contribution < 1.29 is 27.5 Å². The second kappa shape index (κ2) is 6.69. The van der Waals surface area contributed by atoms with Crippen LogP contribution < -0.4 is 0 Å². The van der Waals surface area contributed by atoms with Gasteiger partial charge in [-0.05, 0) is 25.5 Å². The van der Waals surface area contributed by atoms with Gasteiger partial charge in [0.1, 0.15) is 5.82 Å². The third-order valence-corrected chi connectivity index (χ3v) is 2.79. The van der Waals surface area contributed by atoms with Crippen molar-refractivity contribution in [2.75, 3.05) is 19.7 Å². The second-order valence-corrected chi connectivity index (χ2v) is 4.13. The summed E-state index contributed by atoms with van der Waals surface area (Å²) in [4.78, 5) is 13.2. The van der Waals surface area contributed by atoms with E-state index in [4.69, 9.17) is 5.11 Å². The lowest BCUT2D eigenvalue weighted by molar-refractivity contribution is -0.140. The predicted molar refractivity (Wildman–Crippen MR) is 64.7 cm³/mol. The third-order valence-electron chi connectivity index (χ3n) is 2.79. The minimum atomic E-state index is -4.84. The molecule has 0 fully saturated rings. The molecule has 0 aliphatic carbocycles. The molecule has 0 atom stereocenters. The number of halogens is 4. The summed E-state index contributed by atoms with van der Waals surface area (Å²) >= 11 is 0. The highest BCUT2D eigenvalue weighted by atomic mass is 19.4. The van der Waals surface area contributed by atoms with Crippen LogP contribution >= 0.6 is 0 Å². The molecule has 112 valence electrons. The monoisotopic (exact) mass is 293 g/mol. The molecule has 0 unspecified atom stereocenters. The zero-order valence-corrected chi connectivity index (χ0v) is 10.9. The molecule has 0 aromatic heterocycles. The SMILES string of the molecule is CCN(CCCO)C(=O)c1cccc(C(F)(F)F)c1F. The van der Waals surface area contributed by atoms with Crippen molar-refractivity contribution in [3.8, 4) is 0 Å². The van der Waals surface area contributed by atoms with Gasteiger partial charge in [0.25, 0.3) is 5.91 Å². The molecule has 0 aliphatic rings. The average molecular weight is 293 g/mol. The van der Waals surface area contributed by atoms with E-state index in [0.29, 0.717) is 6.07 Å². The van der Waals surface area contributed by atoms with Gasteiger partial charge in [0, 0.05) is 19.7 Å². The van der Waals surface area contributed by atoms with Gasteiger partial charge >= 0.3 is 6.18 Å². The highest BCUT2D eigenvalue weighted by Gasteiger charge is 2.36. The maximum absolute atomic E-state index is 13.8. The Morgan fingerprint density at radius 2 is 2.00 bits per heavy atom. The van der Waals surface area contributed by atoms with E-state index >= 15 is 0 Å². The molecule has 0 bridgehead atoms. The average Bonchev–Trinajstić information content (AvgIpc) is 2.38. The van der Waals surface area contributed by atoms with Crippen molar-refractivity contribution >= 4 is 5.91 Å². The van der Waals surface area contributed by atoms with Crippen molar-refractivity contribution in [2.45, 2.75) is 19.5 Å². The van der Waals surface area contributed by atoms with Crippen molar-refractivity contribution in [3.05, 3.63) is 35.1 Å². The fourth-order valence-corrected chi connectivity index (χ4v) is 1.75. The van der Waals surface area contributed by atoms with Crippen molar-refractivity contribution in [2.24, 2.45) is 0 Å². The van der Waals surface area contributed by atoms with E-state index in [-0.39, 0.29) is 26.1 Å². The quantitative estimate of drug-likeness (QED) is 0.848. The molecule has 1 amide bonds. The van der Waals surface area contributed by atoms with Crippen molar-refractivity contribution in [3.63, 3.8) is 0 Å². The van der Waals surface area contributed by atoms with Crippen molar-refractivity contribution in [1.82, 2.24) is 4.90 Å². The van der Waals surface area contributed by atoms with Gasteiger partial charge in [0.05, 0.1) is 11.1 Å². The summed E-state index contributed by atoms with van der Waals surface area (Å²) in [5.74, 6) is -2.38. The van der Waals surface area contributed by atoms with Crippen molar-refractivity contribution in [1.29, 1.82) is 0 Å². The number of alkyl halides is 3. The van der Waals surface area contributed by atoms with Gasteiger partial charge in [-0.1, -0.05) is 6.07 Å². The first kappa shape index (κ1) is 16.4. The van der Waals surface area contributed by atoms with E-state index in [1.807, 2.05) is 0 Å². The van der Waals surface area contributed by atoms with E-state index in [0.717, 1.165) is 12.1 Å². The van der Waals surface area contributed by atoms with Gasteiger partial charge in [-0.3, -0.25) is 4.79 Å². The fraction of sp³-hybridized carbons (Fsp3) is 0.462. The predicted octanol–water partition coefficient (Wildman–Crippen LogP) is 2.69. The lowest BCUT2D eigenvalue weighted by Gasteiger charge is -2.21. The molecule has 1 aromatic rings. The number of aliphatic hydroxyl groups excluding tert-OH is 1. The Morgan fingerprint density at radius 3 is 2.50 bits per heavy atom. The first-order valence-corrected chi connectivity index (χ1v) is 6.08. The lowest BCUT2D eigenvalue weighted by atomic mass is 10.1. The third kappa shape index (κ3) is 3.69. The molecule has 7 heteroatoms. The van der Waals surface area contributed by atoms with Crippen LogP contribution in [0.4, 0.5) is 17.6 Å². The van der Waals surface area contributed by atoms with E-state index in [1.165, 1.54) is 4.90 Å². The van der Waals surface area contributed by atoms with Gasteiger partial charge in [-0.25, -0.2) is 4.39 Å². The normalized spacial score (nSPS) is 11.5. The Bertz CT molecular complexity index is 474. The summed E-state index contributed by atoms with van der Waals surface area (Å²) in [6, 6.07) is 2.61. The molecule has 0 saturated heterocycles. The van der Waals surface area contributed by atoms with Gasteiger partial charge < -0.3 is 10.0 Å². The smallest absolute Gasteiger partial charge is 0.396 e. The zero-order valence-electron chi connectivity index (χ0n) is 10.9. The Kier molecular flexibility index (Phi) is 5.50. The maximum Gasteiger partial charge on any atom is 0.419 e. The van der Waals surface area contributed by atoms with Crippen LogP contribution in [0, 0.1) is 5.82 Å². The lowest BCUT2D eigenvalue weighted by Crippen LogP contribution is -2.33. The summed E-state index contributed by atoms with van der Waals surface area (Å²) in [5.41, 5.74) is -2.07. The molecule has 0 aliphatic heterocycles. The van der Waals surface area contributed by atoms with Gasteiger partial charge in [0.15, 0.2) is 0 Å². The summed E-state index contributed by atoms with van der Waals surface area (Å²) in [6.45, 7) is 1.84. The van der Waals surface area contributed by atoms with Crippen LogP contribution in [0.3, 0.4) is 0 Å². The van der Waals surface area contributed by atoms with Crippen LogP contribution in [0.25, 0.3) is 0 Å². The summed E-state index contributed by atoms with van der Waals surface area (Å²) in [6.07, 6.45) is -4.57. The van der Waals surface area contributed by atoms with Crippen LogP contribution in [0.2, 0.25) is 0 Å². The van der Waals surface area contributed by atoms with Crippen LogP contribution in [0.5, 0.6) is 0 Å². The minimum Gasteiger partial charge on any atom is -0.396 e. The number of carbonyl (C=O) groups is 1. The fourth-order valence-electron chi connectivity index (χ4n) is 1.75. The molecule has 20 heavy (non-hydrogen) atoms. The van der Waals surface area contributed by atoms with Crippen LogP contribution in [-0.4, -0.2) is 35.6 Å². The van der Waals surface area contributed by atoms with Gasteiger partial charge in [0.2, 0.25) is 0 Å². The molecule has 1 aromatic carbocycles. The van der Waals surface area contributed by atoms with E-state index in [1.54, 1.807) is 6.92 Å². The second-order valence-electron chi connectivity index (χ2n) is 4.13. The number of aliphatic hydroxyl groups is 1. The maximum atomic E-state index is 13.8. The molecule has 1 rings (SSSR count). The van der Waals surface area contributed by atoms with E-state index in [9.17, 15) is 22.4 Å². The molecular formula is C13H15F4NO2. The minimum absolute atomic E-state index is 0.154. The molecule has 0 heterocycles. The standard InChI is InChI=1S/C13H15F4NO2/c1-2-18(7-4-8-19)12(20)9-5-3-6-10(11(9)14)13(15,16)17/h3,5-6,19H,2,4,7-8H2,1H3. The number of amides is 1. The van der Waals surface area contributed by atoms with Crippen LogP contribution in [-0.2, 0) is 6.18 Å². The number of rotatable bonds is 5. The number of benzene rings is 1. The van der Waals surface area contributed by atoms with Crippen LogP contribution in [0.1, 0.15) is 29.3 Å². The molecule has 3 nitrogen and oxygen atoms in total. The molecular weight excluding hydrogens is 278 g/mol. The van der Waals surface area contributed by atoms with E-state index in [2.05, 4.69) is 0 Å². The number of nitrogens with zero attached hydrogens (tertiary/aromatic N) is 1. The molecule has 0 radical (unpaired) electrons. The summed E-state index contributed by atoms with van der Waals surface area (Å²) < 4.78 is 51.6. The summed E-state index contributed by atoms with van der Waals surface area (Å²) in [7, 11) is 0. The zero-order chi connectivity index (χ0) is 15.3. The van der Waals surface area contributed by atoms with Gasteiger partial charge in [-0.2, -0.15) is 13.2 Å². The first-order valence-electron chi connectivity index (χ1n) is 6.08. The van der Waals surface area contributed by atoms with Gasteiger partial charge in [-0.15, -0.1) is 0 Å². The topological polar surface area (TPSA) is 40.5 Å². The number of hydrogen-bond acceptors (Lipinski definition) is 2. The Morgan fingerprint density at radius 1 is 1.35 bits per heavy atom. The summed E-state index contributed by atoms with van der Waals surface area (Å²) in [5, 5.41) is 8.71. The largest absolute Gasteiger partial charge is 0.419 e. The van der Waals surface area contributed by atoms with Crippen LogP contribution in [0.15, 0.2) is 18.2 Å². The Labute approximate surface area is 113 Å². The highest BCUT2D eigenvalue weighted by molar-refractivity contribution is 5.94. The molecule has 0 saturated carbocycles. The molecule has 0 spiro atoms. The molecule has 1 N–H and O–H groups in total. The van der Waals surface area contributed by atoms with E-state index < -0.39 is 29.0 Å². The number of hydrogen-bond donors (Lipinski definition) is 1.